The van der Waals surface area contributed by atoms with Crippen LogP contribution in [-0.4, -0.2) is 9.97 Å². The number of hydrogen-bond acceptors (Lipinski definition) is 3. The van der Waals surface area contributed by atoms with Crippen molar-refractivity contribution in [3.63, 3.8) is 0 Å². The maximum Gasteiger partial charge on any atom is 0.224 e. The van der Waals surface area contributed by atoms with Gasteiger partial charge in [0.25, 0.3) is 0 Å². The number of halogens is 1. The summed E-state index contributed by atoms with van der Waals surface area (Å²) in [6, 6.07) is 9.64. The van der Waals surface area contributed by atoms with Gasteiger partial charge in [-0.05, 0) is 30.9 Å². The maximum atomic E-state index is 6.03. The first-order chi connectivity index (χ1) is 9.26. The zero-order chi connectivity index (χ0) is 13.2. The topological polar surface area (TPSA) is 35.0 Å². The Morgan fingerprint density at radius 3 is 2.79 bits per heavy atom. The molecule has 3 nitrogen and oxygen atoms in total. The van der Waals surface area contributed by atoms with Crippen LogP contribution < -0.4 is 4.74 Å². The van der Waals surface area contributed by atoms with E-state index in [0.29, 0.717) is 17.0 Å². The van der Waals surface area contributed by atoms with Crippen molar-refractivity contribution in [2.45, 2.75) is 32.1 Å². The van der Waals surface area contributed by atoms with Crippen LogP contribution in [0.3, 0.4) is 0 Å². The highest BCUT2D eigenvalue weighted by Gasteiger charge is 2.27. The van der Waals surface area contributed by atoms with Crippen LogP contribution in [-0.2, 0) is 6.42 Å². The summed E-state index contributed by atoms with van der Waals surface area (Å²) >= 11 is 6.03. The molecule has 0 amide bonds. The molecule has 1 saturated carbocycles. The number of rotatable bonds is 4. The van der Waals surface area contributed by atoms with Crippen molar-refractivity contribution in [3.8, 4) is 11.6 Å². The van der Waals surface area contributed by atoms with E-state index >= 15 is 0 Å². The van der Waals surface area contributed by atoms with Gasteiger partial charge in [0, 0.05) is 12.0 Å². The summed E-state index contributed by atoms with van der Waals surface area (Å²) in [4.78, 5) is 8.70. The number of hydrogen-bond donors (Lipinski definition) is 0. The summed E-state index contributed by atoms with van der Waals surface area (Å²) in [6.45, 7) is 2.10. The summed E-state index contributed by atoms with van der Waals surface area (Å²) < 4.78 is 5.86. The molecule has 1 aromatic heterocycles. The number of aromatic nitrogens is 2. The Morgan fingerprint density at radius 2 is 2.05 bits per heavy atom. The van der Waals surface area contributed by atoms with Crippen LogP contribution in [0.1, 0.15) is 37.1 Å². The molecule has 1 aliphatic carbocycles. The molecule has 1 aromatic carbocycles. The molecule has 0 spiro atoms. The first-order valence-corrected chi connectivity index (χ1v) is 6.94. The van der Waals surface area contributed by atoms with Crippen molar-refractivity contribution < 1.29 is 4.74 Å². The van der Waals surface area contributed by atoms with Gasteiger partial charge in [-0.25, -0.2) is 4.98 Å². The summed E-state index contributed by atoms with van der Waals surface area (Å²) in [7, 11) is 0. The van der Waals surface area contributed by atoms with Crippen molar-refractivity contribution in [3.05, 3.63) is 46.9 Å². The lowest BCUT2D eigenvalue weighted by molar-refractivity contribution is 0.453. The number of nitrogens with zero attached hydrogens (tertiary/aromatic N) is 2. The molecule has 1 heterocycles. The molecule has 3 rings (SSSR count). The lowest BCUT2D eigenvalue weighted by atomic mass is 10.1. The van der Waals surface area contributed by atoms with Crippen LogP contribution >= 0.6 is 11.6 Å². The highest BCUT2D eigenvalue weighted by atomic mass is 35.5. The minimum absolute atomic E-state index is 0.445. The second kappa shape index (κ2) is 5.17. The van der Waals surface area contributed by atoms with Crippen LogP contribution in [0.5, 0.6) is 11.6 Å². The zero-order valence-corrected chi connectivity index (χ0v) is 11.5. The molecule has 2 aromatic rings. The van der Waals surface area contributed by atoms with Crippen LogP contribution in [0.25, 0.3) is 0 Å². The molecular weight excluding hydrogens is 260 g/mol. The number of ether oxygens (including phenoxy) is 1. The molecule has 0 N–H and O–H groups in total. The third-order valence-corrected chi connectivity index (χ3v) is 3.39. The highest BCUT2D eigenvalue weighted by molar-refractivity contribution is 6.29. The van der Waals surface area contributed by atoms with E-state index in [1.807, 2.05) is 18.2 Å². The van der Waals surface area contributed by atoms with Crippen LogP contribution in [0.2, 0.25) is 5.15 Å². The first kappa shape index (κ1) is 12.4. The minimum atomic E-state index is 0.445. The van der Waals surface area contributed by atoms with Gasteiger partial charge in [-0.3, -0.25) is 0 Å². The number of benzene rings is 1. The fourth-order valence-corrected chi connectivity index (χ4v) is 2.18. The normalized spacial score (nSPS) is 14.4. The van der Waals surface area contributed by atoms with Crippen LogP contribution in [0.4, 0.5) is 0 Å². The summed E-state index contributed by atoms with van der Waals surface area (Å²) in [5, 5.41) is 0.445. The zero-order valence-electron chi connectivity index (χ0n) is 10.8. The summed E-state index contributed by atoms with van der Waals surface area (Å²) in [5.41, 5.74) is 1.16. The van der Waals surface area contributed by atoms with Gasteiger partial charge in [-0.1, -0.05) is 36.7 Å². The van der Waals surface area contributed by atoms with Crippen molar-refractivity contribution in [1.82, 2.24) is 9.97 Å². The molecule has 19 heavy (non-hydrogen) atoms. The second-order valence-electron chi connectivity index (χ2n) is 4.72. The predicted octanol–water partition coefficient (Wildman–Crippen LogP) is 4.36. The number of aryl methyl sites for hydroxylation is 1. The van der Waals surface area contributed by atoms with Gasteiger partial charge in [0.15, 0.2) is 0 Å². The molecule has 0 saturated heterocycles. The van der Waals surface area contributed by atoms with E-state index in [2.05, 4.69) is 23.0 Å². The quantitative estimate of drug-likeness (QED) is 0.777. The van der Waals surface area contributed by atoms with Gasteiger partial charge < -0.3 is 4.74 Å². The van der Waals surface area contributed by atoms with Crippen LogP contribution in [0.15, 0.2) is 30.3 Å². The van der Waals surface area contributed by atoms with E-state index < -0.39 is 0 Å². The summed E-state index contributed by atoms with van der Waals surface area (Å²) in [6.07, 6.45) is 3.21. The van der Waals surface area contributed by atoms with E-state index in [1.165, 1.54) is 0 Å². The van der Waals surface area contributed by atoms with Gasteiger partial charge in [0.1, 0.15) is 16.7 Å². The largest absolute Gasteiger partial charge is 0.439 e. The van der Waals surface area contributed by atoms with Crippen molar-refractivity contribution >= 4 is 11.6 Å². The SMILES string of the molecule is CCc1ccccc1Oc1cc(Cl)nc(C2CC2)n1. The molecule has 1 fully saturated rings. The van der Waals surface area contributed by atoms with E-state index in [9.17, 15) is 0 Å². The van der Waals surface area contributed by atoms with Gasteiger partial charge in [0.2, 0.25) is 5.88 Å². The van der Waals surface area contributed by atoms with Gasteiger partial charge in [0.05, 0.1) is 0 Å². The summed E-state index contributed by atoms with van der Waals surface area (Å²) in [5.74, 6) is 2.63. The van der Waals surface area contributed by atoms with E-state index in [0.717, 1.165) is 36.4 Å². The lowest BCUT2D eigenvalue weighted by Crippen LogP contribution is -1.97. The molecule has 4 heteroatoms. The standard InChI is InChI=1S/C15H15ClN2O/c1-2-10-5-3-4-6-12(10)19-14-9-13(16)17-15(18-14)11-7-8-11/h3-6,9,11H,2,7-8H2,1H3. The minimum Gasteiger partial charge on any atom is -0.439 e. The Kier molecular flexibility index (Phi) is 3.38. The fourth-order valence-electron chi connectivity index (χ4n) is 2.00. The molecule has 0 aliphatic heterocycles. The van der Waals surface area contributed by atoms with Gasteiger partial charge in [-0.15, -0.1) is 0 Å². The van der Waals surface area contributed by atoms with E-state index in [-0.39, 0.29) is 0 Å². The van der Waals surface area contributed by atoms with E-state index in [4.69, 9.17) is 16.3 Å². The molecule has 0 unspecified atom stereocenters. The average molecular weight is 275 g/mol. The first-order valence-electron chi connectivity index (χ1n) is 6.56. The maximum absolute atomic E-state index is 6.03. The Balaban J connectivity index is 1.90. The third kappa shape index (κ3) is 2.87. The molecule has 0 radical (unpaired) electrons. The van der Waals surface area contributed by atoms with E-state index in [1.54, 1.807) is 6.07 Å². The predicted molar refractivity (Wildman–Crippen MR) is 74.9 cm³/mol. The van der Waals surface area contributed by atoms with Crippen molar-refractivity contribution in [2.75, 3.05) is 0 Å². The number of para-hydroxylation sites is 1. The molecule has 0 bridgehead atoms. The molecule has 1 aliphatic rings. The van der Waals surface area contributed by atoms with Gasteiger partial charge >= 0.3 is 0 Å². The van der Waals surface area contributed by atoms with Gasteiger partial charge in [-0.2, -0.15) is 4.98 Å². The fraction of sp³-hybridized carbons (Fsp3) is 0.333. The van der Waals surface area contributed by atoms with Crippen molar-refractivity contribution in [1.29, 1.82) is 0 Å². The lowest BCUT2D eigenvalue weighted by Gasteiger charge is -2.10. The second-order valence-corrected chi connectivity index (χ2v) is 5.11. The Labute approximate surface area is 117 Å². The Bertz CT molecular complexity index is 596. The van der Waals surface area contributed by atoms with Crippen LogP contribution in [0, 0.1) is 0 Å². The molecule has 98 valence electrons. The third-order valence-electron chi connectivity index (χ3n) is 3.20. The monoisotopic (exact) mass is 274 g/mol. The Morgan fingerprint density at radius 1 is 1.26 bits per heavy atom. The highest BCUT2D eigenvalue weighted by Crippen LogP contribution is 2.39. The average Bonchev–Trinajstić information content (AvgIpc) is 3.23. The van der Waals surface area contributed by atoms with Crippen molar-refractivity contribution in [2.24, 2.45) is 0 Å². The smallest absolute Gasteiger partial charge is 0.224 e. The molecule has 0 atom stereocenters. The molecular formula is C15H15ClN2O. The Hall–Kier alpha value is -1.61.